The summed E-state index contributed by atoms with van der Waals surface area (Å²) in [5.74, 6) is 1.42. The van der Waals surface area contributed by atoms with Crippen LogP contribution < -0.4 is 10.0 Å². The fourth-order valence-corrected chi connectivity index (χ4v) is 4.69. The van der Waals surface area contributed by atoms with Gasteiger partial charge < -0.3 is 15.0 Å². The first-order valence-electron chi connectivity index (χ1n) is 10.7. The van der Waals surface area contributed by atoms with Gasteiger partial charge in [0, 0.05) is 39.2 Å². The molecule has 0 spiro atoms. The lowest BCUT2D eigenvalue weighted by Gasteiger charge is -2.22. The first-order chi connectivity index (χ1) is 15.0. The Bertz CT molecular complexity index is 953. The second kappa shape index (κ2) is 13.1. The third-order valence-corrected chi connectivity index (χ3v) is 6.81. The van der Waals surface area contributed by atoms with E-state index in [1.165, 1.54) is 12.7 Å². The maximum absolute atomic E-state index is 12.3. The van der Waals surface area contributed by atoms with E-state index in [0.717, 1.165) is 37.6 Å². The summed E-state index contributed by atoms with van der Waals surface area (Å²) in [6, 6.07) is 17.5. The van der Waals surface area contributed by atoms with E-state index in [2.05, 4.69) is 46.1 Å². The number of halogens is 1. The standard InChI is InChI=1S/C23H32N4O3S.HI/c1-3-24-23(27-15-13-21(18-27)20-7-5-4-6-8-20)25-17-19-9-11-22(12-10-19)31(28,29)26-14-16-30-2;/h4-12,21,26H,3,13-18H2,1-2H3,(H,24,25);1H. The molecule has 176 valence electrons. The van der Waals surface area contributed by atoms with Gasteiger partial charge in [0.2, 0.25) is 10.0 Å². The minimum absolute atomic E-state index is 0. The molecule has 9 heteroatoms. The van der Waals surface area contributed by atoms with Crippen LogP contribution in [0.1, 0.15) is 30.4 Å². The van der Waals surface area contributed by atoms with Gasteiger partial charge in [-0.2, -0.15) is 0 Å². The average molecular weight is 573 g/mol. The SMILES string of the molecule is CCNC(=NCc1ccc(S(=O)(=O)NCCOC)cc1)N1CCC(c2ccccc2)C1.I. The van der Waals surface area contributed by atoms with Crippen LogP contribution in [0.4, 0.5) is 0 Å². The highest BCUT2D eigenvalue weighted by Crippen LogP contribution is 2.27. The second-order valence-corrected chi connectivity index (χ2v) is 9.31. The van der Waals surface area contributed by atoms with Gasteiger partial charge in [0.05, 0.1) is 18.0 Å². The van der Waals surface area contributed by atoms with E-state index in [4.69, 9.17) is 9.73 Å². The first-order valence-corrected chi connectivity index (χ1v) is 12.2. The molecule has 0 saturated carbocycles. The van der Waals surface area contributed by atoms with Gasteiger partial charge >= 0.3 is 0 Å². The minimum Gasteiger partial charge on any atom is -0.383 e. The van der Waals surface area contributed by atoms with Crippen molar-refractivity contribution < 1.29 is 13.2 Å². The molecule has 0 bridgehead atoms. The van der Waals surface area contributed by atoms with E-state index in [-0.39, 0.29) is 35.4 Å². The molecule has 2 aromatic carbocycles. The average Bonchev–Trinajstić information content (AvgIpc) is 3.28. The largest absolute Gasteiger partial charge is 0.383 e. The number of sulfonamides is 1. The van der Waals surface area contributed by atoms with Gasteiger partial charge in [-0.3, -0.25) is 0 Å². The summed E-state index contributed by atoms with van der Waals surface area (Å²) >= 11 is 0. The zero-order chi connectivity index (χ0) is 22.1. The monoisotopic (exact) mass is 572 g/mol. The Hall–Kier alpha value is -1.69. The highest BCUT2D eigenvalue weighted by atomic mass is 127. The van der Waals surface area contributed by atoms with E-state index in [0.29, 0.717) is 19.1 Å². The molecule has 1 heterocycles. The van der Waals surface area contributed by atoms with Crippen molar-refractivity contribution in [3.63, 3.8) is 0 Å². The predicted octanol–water partition coefficient (Wildman–Crippen LogP) is 3.18. The molecule has 0 aliphatic carbocycles. The summed E-state index contributed by atoms with van der Waals surface area (Å²) in [6.45, 7) is 5.85. The van der Waals surface area contributed by atoms with Crippen LogP contribution in [0.3, 0.4) is 0 Å². The van der Waals surface area contributed by atoms with Crippen molar-refractivity contribution in [1.29, 1.82) is 0 Å². The minimum atomic E-state index is -3.52. The molecule has 1 aliphatic rings. The van der Waals surface area contributed by atoms with Crippen molar-refractivity contribution in [2.24, 2.45) is 4.99 Å². The summed E-state index contributed by atoms with van der Waals surface area (Å²) in [5, 5.41) is 3.39. The third-order valence-electron chi connectivity index (χ3n) is 5.34. The Morgan fingerprint density at radius 2 is 1.88 bits per heavy atom. The van der Waals surface area contributed by atoms with Crippen LogP contribution in [0.15, 0.2) is 64.5 Å². The summed E-state index contributed by atoms with van der Waals surface area (Å²) in [5.41, 5.74) is 2.34. The normalized spacial score (nSPS) is 16.6. The lowest BCUT2D eigenvalue weighted by molar-refractivity contribution is 0.204. The van der Waals surface area contributed by atoms with Crippen LogP contribution in [0, 0.1) is 0 Å². The Balaban J connectivity index is 0.00000363. The molecule has 1 aliphatic heterocycles. The molecular formula is C23H33IN4O3S. The Morgan fingerprint density at radius 3 is 2.53 bits per heavy atom. The number of methoxy groups -OCH3 is 1. The van der Waals surface area contributed by atoms with E-state index < -0.39 is 10.0 Å². The van der Waals surface area contributed by atoms with Gasteiger partial charge in [-0.15, -0.1) is 24.0 Å². The number of nitrogens with zero attached hydrogens (tertiary/aromatic N) is 2. The summed E-state index contributed by atoms with van der Waals surface area (Å²) in [7, 11) is -1.98. The molecule has 0 aromatic heterocycles. The van der Waals surface area contributed by atoms with Crippen molar-refractivity contribution >= 4 is 40.0 Å². The van der Waals surface area contributed by atoms with Crippen molar-refractivity contribution in [1.82, 2.24) is 14.9 Å². The fraction of sp³-hybridized carbons (Fsp3) is 0.435. The van der Waals surface area contributed by atoms with Crippen molar-refractivity contribution in [3.05, 3.63) is 65.7 Å². The number of hydrogen-bond acceptors (Lipinski definition) is 4. The van der Waals surface area contributed by atoms with Crippen molar-refractivity contribution in [2.45, 2.75) is 30.7 Å². The second-order valence-electron chi connectivity index (χ2n) is 7.55. The van der Waals surface area contributed by atoms with Crippen LogP contribution in [0.5, 0.6) is 0 Å². The van der Waals surface area contributed by atoms with Gasteiger partial charge in [-0.25, -0.2) is 18.1 Å². The molecular weight excluding hydrogens is 539 g/mol. The quantitative estimate of drug-likeness (QED) is 0.209. The third kappa shape index (κ3) is 7.43. The first kappa shape index (κ1) is 26.6. The number of rotatable bonds is 9. The molecule has 0 amide bonds. The van der Waals surface area contributed by atoms with E-state index in [9.17, 15) is 8.42 Å². The summed E-state index contributed by atoms with van der Waals surface area (Å²) in [4.78, 5) is 7.35. The lowest BCUT2D eigenvalue weighted by Crippen LogP contribution is -2.40. The number of guanidine groups is 1. The Labute approximate surface area is 208 Å². The molecule has 1 unspecified atom stereocenters. The lowest BCUT2D eigenvalue weighted by atomic mass is 9.99. The Kier molecular flexibility index (Phi) is 10.9. The fourth-order valence-electron chi connectivity index (χ4n) is 3.68. The maximum Gasteiger partial charge on any atom is 0.240 e. The molecule has 1 saturated heterocycles. The van der Waals surface area contributed by atoms with Gasteiger partial charge in [-0.1, -0.05) is 42.5 Å². The topological polar surface area (TPSA) is 83.0 Å². The molecule has 7 nitrogen and oxygen atoms in total. The van der Waals surface area contributed by atoms with Crippen molar-refractivity contribution in [3.8, 4) is 0 Å². The zero-order valence-corrected chi connectivity index (χ0v) is 21.8. The number of aliphatic imine (C=N–C) groups is 1. The molecule has 3 rings (SSSR count). The Morgan fingerprint density at radius 1 is 1.16 bits per heavy atom. The van der Waals surface area contributed by atoms with Gasteiger partial charge in [0.25, 0.3) is 0 Å². The van der Waals surface area contributed by atoms with Crippen molar-refractivity contribution in [2.75, 3.05) is 39.9 Å². The molecule has 1 atom stereocenters. The summed E-state index contributed by atoms with van der Waals surface area (Å²) < 4.78 is 32.0. The number of benzene rings is 2. The van der Waals surface area contributed by atoms with Gasteiger partial charge in [-0.05, 0) is 36.6 Å². The number of ether oxygens (including phenoxy) is 1. The number of hydrogen-bond donors (Lipinski definition) is 2. The van der Waals surface area contributed by atoms with Crippen LogP contribution in [-0.4, -0.2) is 59.2 Å². The highest BCUT2D eigenvalue weighted by molar-refractivity contribution is 14.0. The van der Waals surface area contributed by atoms with Crippen LogP contribution in [0.2, 0.25) is 0 Å². The highest BCUT2D eigenvalue weighted by Gasteiger charge is 2.25. The summed E-state index contributed by atoms with van der Waals surface area (Å²) in [6.07, 6.45) is 1.11. The van der Waals surface area contributed by atoms with E-state index in [1.807, 2.05) is 18.2 Å². The zero-order valence-electron chi connectivity index (χ0n) is 18.7. The van der Waals surface area contributed by atoms with Gasteiger partial charge in [0.1, 0.15) is 0 Å². The molecule has 1 fully saturated rings. The smallest absolute Gasteiger partial charge is 0.240 e. The molecule has 2 aromatic rings. The van der Waals surface area contributed by atoms with Crippen LogP contribution in [-0.2, 0) is 21.3 Å². The molecule has 2 N–H and O–H groups in total. The van der Waals surface area contributed by atoms with Crippen LogP contribution >= 0.6 is 24.0 Å². The predicted molar refractivity (Wildman–Crippen MR) is 139 cm³/mol. The number of nitrogens with one attached hydrogen (secondary N) is 2. The number of likely N-dealkylation sites (tertiary alicyclic amines) is 1. The van der Waals surface area contributed by atoms with E-state index >= 15 is 0 Å². The van der Waals surface area contributed by atoms with Crippen LogP contribution in [0.25, 0.3) is 0 Å². The van der Waals surface area contributed by atoms with E-state index in [1.54, 1.807) is 12.1 Å². The van der Waals surface area contributed by atoms with Gasteiger partial charge in [0.15, 0.2) is 5.96 Å². The maximum atomic E-state index is 12.3. The molecule has 0 radical (unpaired) electrons. The molecule has 32 heavy (non-hydrogen) atoms.